The normalized spacial score (nSPS) is 11.6. The van der Waals surface area contributed by atoms with Crippen LogP contribution >= 0.6 is 0 Å². The van der Waals surface area contributed by atoms with Crippen LogP contribution in [0.2, 0.25) is 0 Å². The van der Waals surface area contributed by atoms with Crippen LogP contribution in [0, 0.1) is 11.8 Å². The van der Waals surface area contributed by atoms with E-state index in [9.17, 15) is 14.4 Å². The van der Waals surface area contributed by atoms with Gasteiger partial charge in [-0.05, 0) is 67.9 Å². The van der Waals surface area contributed by atoms with E-state index in [2.05, 4.69) is 22.5 Å². The maximum Gasteiger partial charge on any atom is 0.267 e. The van der Waals surface area contributed by atoms with Gasteiger partial charge in [-0.25, -0.2) is 5.48 Å². The van der Waals surface area contributed by atoms with Gasteiger partial charge in [-0.2, -0.15) is 0 Å². The maximum atomic E-state index is 12.2. The zero-order chi connectivity index (χ0) is 24.2. The van der Waals surface area contributed by atoms with E-state index in [-0.39, 0.29) is 19.9 Å². The molecule has 0 saturated carbocycles. The molecule has 10 heteroatoms. The van der Waals surface area contributed by atoms with Gasteiger partial charge in [0.05, 0.1) is 6.04 Å². The standard InChI is InChI=1S/C23H28N6O4.CH4/c24-13-1-2-19(26)22(31)27-18-11-7-16(8-12-18)4-3-15-5-9-17(10-6-15)21(30)28-20(14-25)23(32)29-33;/h5-12,19-20,33H,1-2,13-14,24-26H2,(H,27,31)(H,28,30)(H,29,32);1H4/t19-,20-;/m0./s1. The predicted molar refractivity (Wildman–Crippen MR) is 131 cm³/mol. The third-order valence-corrected chi connectivity index (χ3v) is 4.67. The van der Waals surface area contributed by atoms with Crippen molar-refractivity contribution in [3.63, 3.8) is 0 Å². The molecular formula is C24H32N6O4. The third kappa shape index (κ3) is 8.65. The van der Waals surface area contributed by atoms with E-state index in [1.165, 1.54) is 5.48 Å². The number of hydrogen-bond acceptors (Lipinski definition) is 7. The van der Waals surface area contributed by atoms with Gasteiger partial charge in [0.25, 0.3) is 11.8 Å². The lowest BCUT2D eigenvalue weighted by Crippen LogP contribution is -2.50. The summed E-state index contributed by atoms with van der Waals surface area (Å²) >= 11 is 0. The first-order valence-electron chi connectivity index (χ1n) is 10.3. The first kappa shape index (κ1) is 28.3. The molecular weight excluding hydrogens is 436 g/mol. The van der Waals surface area contributed by atoms with Gasteiger partial charge < -0.3 is 27.8 Å². The van der Waals surface area contributed by atoms with Crippen molar-refractivity contribution in [3.05, 3.63) is 65.2 Å². The van der Waals surface area contributed by atoms with Crippen LogP contribution in [0.15, 0.2) is 48.5 Å². The molecule has 0 spiro atoms. The number of carbonyl (C=O) groups excluding carboxylic acids is 3. The van der Waals surface area contributed by atoms with E-state index in [1.54, 1.807) is 48.5 Å². The largest absolute Gasteiger partial charge is 0.339 e. The lowest BCUT2D eigenvalue weighted by Gasteiger charge is -2.14. The lowest BCUT2D eigenvalue weighted by molar-refractivity contribution is -0.130. The molecule has 10 N–H and O–H groups in total. The highest BCUT2D eigenvalue weighted by Gasteiger charge is 2.19. The number of rotatable bonds is 9. The van der Waals surface area contributed by atoms with Gasteiger partial charge in [0, 0.05) is 28.9 Å². The molecule has 0 fully saturated rings. The zero-order valence-electron chi connectivity index (χ0n) is 18.0. The highest BCUT2D eigenvalue weighted by molar-refractivity contribution is 5.97. The lowest BCUT2D eigenvalue weighted by atomic mass is 10.1. The van der Waals surface area contributed by atoms with Crippen LogP contribution in [0.25, 0.3) is 0 Å². The van der Waals surface area contributed by atoms with Gasteiger partial charge in [-0.15, -0.1) is 0 Å². The minimum absolute atomic E-state index is 0. The summed E-state index contributed by atoms with van der Waals surface area (Å²) in [6.45, 7) is 0.327. The Morgan fingerprint density at radius 3 is 1.97 bits per heavy atom. The summed E-state index contributed by atoms with van der Waals surface area (Å²) in [5.74, 6) is 4.43. The SMILES string of the molecule is C.NCCC[C@H](N)C(=O)Nc1ccc(C#Cc2ccc(C(=O)N[C@@H](CN)C(=O)NO)cc2)cc1. The van der Waals surface area contributed by atoms with Crippen LogP contribution in [0.3, 0.4) is 0 Å². The molecule has 0 saturated heterocycles. The number of amides is 3. The minimum Gasteiger partial charge on any atom is -0.339 e. The van der Waals surface area contributed by atoms with E-state index >= 15 is 0 Å². The van der Waals surface area contributed by atoms with Crippen molar-refractivity contribution < 1.29 is 19.6 Å². The third-order valence-electron chi connectivity index (χ3n) is 4.67. The number of hydroxylamine groups is 1. The fraction of sp³-hybridized carbons (Fsp3) is 0.292. The Kier molecular flexibility index (Phi) is 12.0. The molecule has 2 aromatic rings. The van der Waals surface area contributed by atoms with Crippen LogP contribution in [-0.2, 0) is 9.59 Å². The summed E-state index contributed by atoms with van der Waals surface area (Å²) in [6, 6.07) is 11.8. The molecule has 0 heterocycles. The zero-order valence-corrected chi connectivity index (χ0v) is 18.0. The van der Waals surface area contributed by atoms with Gasteiger partial charge in [0.15, 0.2) is 0 Å². The Morgan fingerprint density at radius 1 is 0.912 bits per heavy atom. The minimum atomic E-state index is -1.04. The van der Waals surface area contributed by atoms with Gasteiger partial charge in [0.1, 0.15) is 6.04 Å². The fourth-order valence-electron chi connectivity index (χ4n) is 2.74. The fourth-order valence-corrected chi connectivity index (χ4v) is 2.74. The average Bonchev–Trinajstić information content (AvgIpc) is 2.84. The van der Waals surface area contributed by atoms with Crippen molar-refractivity contribution in [1.29, 1.82) is 0 Å². The Balaban J connectivity index is 0.00000578. The summed E-state index contributed by atoms with van der Waals surface area (Å²) in [6.07, 6.45) is 1.21. The molecule has 2 atom stereocenters. The van der Waals surface area contributed by atoms with Crippen LogP contribution in [-0.4, -0.2) is 48.1 Å². The smallest absolute Gasteiger partial charge is 0.267 e. The molecule has 0 bridgehead atoms. The average molecular weight is 469 g/mol. The van der Waals surface area contributed by atoms with Crippen molar-refractivity contribution >= 4 is 23.4 Å². The molecule has 0 aliphatic rings. The van der Waals surface area contributed by atoms with Crippen molar-refractivity contribution in [3.8, 4) is 11.8 Å². The Labute approximate surface area is 199 Å². The van der Waals surface area contributed by atoms with Crippen LogP contribution in [0.1, 0.15) is 41.8 Å². The Hall–Kier alpha value is -3.75. The van der Waals surface area contributed by atoms with Crippen LogP contribution in [0.5, 0.6) is 0 Å². The highest BCUT2D eigenvalue weighted by atomic mass is 16.5. The highest BCUT2D eigenvalue weighted by Crippen LogP contribution is 2.10. The second-order valence-corrected chi connectivity index (χ2v) is 7.17. The van der Waals surface area contributed by atoms with E-state index in [0.717, 1.165) is 5.56 Å². The molecule has 2 rings (SSSR count). The molecule has 0 aromatic heterocycles. The Morgan fingerprint density at radius 2 is 1.47 bits per heavy atom. The number of carbonyl (C=O) groups is 3. The van der Waals surface area contributed by atoms with E-state index in [1.807, 2.05) is 0 Å². The van der Waals surface area contributed by atoms with Crippen molar-refractivity contribution in [1.82, 2.24) is 10.8 Å². The van der Waals surface area contributed by atoms with Crippen molar-refractivity contribution in [2.24, 2.45) is 17.2 Å². The van der Waals surface area contributed by atoms with Gasteiger partial charge in [-0.1, -0.05) is 19.3 Å². The second-order valence-electron chi connectivity index (χ2n) is 7.17. The van der Waals surface area contributed by atoms with Crippen molar-refractivity contribution in [2.45, 2.75) is 32.4 Å². The number of benzene rings is 2. The quantitative estimate of drug-likeness (QED) is 0.156. The molecule has 0 aliphatic heterocycles. The van der Waals surface area contributed by atoms with Crippen molar-refractivity contribution in [2.75, 3.05) is 18.4 Å². The number of nitrogens with two attached hydrogens (primary N) is 3. The topological polar surface area (TPSA) is 186 Å². The molecule has 0 unspecified atom stereocenters. The van der Waals surface area contributed by atoms with Crippen LogP contribution < -0.4 is 33.3 Å². The number of hydrogen-bond donors (Lipinski definition) is 7. The van der Waals surface area contributed by atoms with E-state index in [4.69, 9.17) is 22.4 Å². The molecule has 0 radical (unpaired) electrons. The summed E-state index contributed by atoms with van der Waals surface area (Å²) < 4.78 is 0. The van der Waals surface area contributed by atoms with E-state index in [0.29, 0.717) is 36.2 Å². The first-order chi connectivity index (χ1) is 15.9. The molecule has 3 amide bonds. The summed E-state index contributed by atoms with van der Waals surface area (Å²) in [5.41, 5.74) is 20.5. The van der Waals surface area contributed by atoms with E-state index < -0.39 is 23.9 Å². The number of nitrogens with one attached hydrogen (secondary N) is 3. The number of anilines is 1. The second kappa shape index (κ2) is 14.4. The molecule has 10 nitrogen and oxygen atoms in total. The Bertz CT molecular complexity index is 1010. The van der Waals surface area contributed by atoms with Gasteiger partial charge in [-0.3, -0.25) is 19.6 Å². The molecule has 0 aliphatic carbocycles. The molecule has 182 valence electrons. The van der Waals surface area contributed by atoms with Gasteiger partial charge >= 0.3 is 0 Å². The maximum absolute atomic E-state index is 12.2. The molecule has 34 heavy (non-hydrogen) atoms. The van der Waals surface area contributed by atoms with Gasteiger partial charge in [0.2, 0.25) is 5.91 Å². The monoisotopic (exact) mass is 468 g/mol. The van der Waals surface area contributed by atoms with Crippen LogP contribution in [0.4, 0.5) is 5.69 Å². The predicted octanol–water partition coefficient (Wildman–Crippen LogP) is 0.290. The summed E-state index contributed by atoms with van der Waals surface area (Å²) in [4.78, 5) is 35.7. The molecule has 2 aromatic carbocycles. The summed E-state index contributed by atoms with van der Waals surface area (Å²) in [7, 11) is 0. The first-order valence-corrected chi connectivity index (χ1v) is 10.3. The summed E-state index contributed by atoms with van der Waals surface area (Å²) in [5, 5.41) is 13.9.